The maximum atomic E-state index is 10.4. The average molecular weight is 241 g/mol. The smallest absolute Gasteiger partial charge is 0.0774 e. The van der Waals surface area contributed by atoms with E-state index in [1.807, 2.05) is 0 Å². The number of rotatable bonds is 4. The van der Waals surface area contributed by atoms with Crippen molar-refractivity contribution >= 4 is 0 Å². The van der Waals surface area contributed by atoms with Crippen molar-refractivity contribution in [3.8, 4) is 0 Å². The van der Waals surface area contributed by atoms with Gasteiger partial charge in [-0.15, -0.1) is 0 Å². The van der Waals surface area contributed by atoms with Crippen LogP contribution >= 0.6 is 0 Å². The second-order valence-corrected chi connectivity index (χ2v) is 6.09. The van der Waals surface area contributed by atoms with Crippen LogP contribution in [0.1, 0.15) is 52.4 Å². The van der Waals surface area contributed by atoms with Gasteiger partial charge in [0.2, 0.25) is 0 Å². The van der Waals surface area contributed by atoms with E-state index < -0.39 is 0 Å². The summed E-state index contributed by atoms with van der Waals surface area (Å²) in [5.41, 5.74) is -0.383. The number of likely N-dealkylation sites (tertiary alicyclic amines) is 1. The first-order valence-corrected chi connectivity index (χ1v) is 7.18. The highest BCUT2D eigenvalue weighted by Gasteiger charge is 2.34. The van der Waals surface area contributed by atoms with Crippen LogP contribution in [0.2, 0.25) is 0 Å². The summed E-state index contributed by atoms with van der Waals surface area (Å²) in [5, 5.41) is 10.4. The molecular weight excluding hydrogens is 214 g/mol. The van der Waals surface area contributed by atoms with Gasteiger partial charge in [-0.1, -0.05) is 12.8 Å². The lowest BCUT2D eigenvalue weighted by Gasteiger charge is -2.36. The highest BCUT2D eigenvalue weighted by molar-refractivity contribution is 4.88. The Kier molecular flexibility index (Phi) is 4.45. The van der Waals surface area contributed by atoms with Crippen molar-refractivity contribution < 1.29 is 9.84 Å². The summed E-state index contributed by atoms with van der Waals surface area (Å²) < 4.78 is 5.85. The molecule has 0 aromatic heterocycles. The van der Waals surface area contributed by atoms with Gasteiger partial charge in [-0.05, 0) is 39.5 Å². The molecule has 0 atom stereocenters. The maximum absolute atomic E-state index is 10.4. The summed E-state index contributed by atoms with van der Waals surface area (Å²) >= 11 is 0. The Balaban J connectivity index is 1.71. The number of aliphatic hydroxyl groups is 1. The van der Waals surface area contributed by atoms with Crippen LogP contribution < -0.4 is 0 Å². The van der Waals surface area contributed by atoms with Crippen molar-refractivity contribution in [2.24, 2.45) is 0 Å². The fourth-order valence-electron chi connectivity index (χ4n) is 3.20. The van der Waals surface area contributed by atoms with Gasteiger partial charge in [0.15, 0.2) is 0 Å². The third kappa shape index (κ3) is 3.94. The molecule has 0 amide bonds. The average Bonchev–Trinajstić information content (AvgIpc) is 2.67. The SMILES string of the molecule is CC(C)OC1CCN(CC2(O)CCCC2)CC1. The lowest BCUT2D eigenvalue weighted by atomic mass is 9.99. The topological polar surface area (TPSA) is 32.7 Å². The van der Waals surface area contributed by atoms with E-state index in [1.165, 1.54) is 12.8 Å². The zero-order chi connectivity index (χ0) is 12.3. The summed E-state index contributed by atoms with van der Waals surface area (Å²) in [7, 11) is 0. The van der Waals surface area contributed by atoms with Gasteiger partial charge in [0, 0.05) is 19.6 Å². The molecule has 0 aromatic carbocycles. The molecule has 1 heterocycles. The minimum atomic E-state index is -0.383. The second kappa shape index (κ2) is 5.68. The van der Waals surface area contributed by atoms with E-state index >= 15 is 0 Å². The molecule has 3 heteroatoms. The second-order valence-electron chi connectivity index (χ2n) is 6.09. The molecule has 0 unspecified atom stereocenters. The minimum absolute atomic E-state index is 0.338. The van der Waals surface area contributed by atoms with Gasteiger partial charge in [-0.3, -0.25) is 0 Å². The third-order valence-electron chi connectivity index (χ3n) is 4.05. The Morgan fingerprint density at radius 3 is 2.35 bits per heavy atom. The zero-order valence-electron chi connectivity index (χ0n) is 11.3. The van der Waals surface area contributed by atoms with Crippen LogP contribution in [0.25, 0.3) is 0 Å². The van der Waals surface area contributed by atoms with Crippen molar-refractivity contribution in [1.82, 2.24) is 4.90 Å². The van der Waals surface area contributed by atoms with E-state index in [4.69, 9.17) is 4.74 Å². The molecule has 1 N–H and O–H groups in total. The number of nitrogens with zero attached hydrogens (tertiary/aromatic N) is 1. The standard InChI is InChI=1S/C14H27NO2/c1-12(2)17-13-5-9-15(10-6-13)11-14(16)7-3-4-8-14/h12-13,16H,3-11H2,1-2H3. The summed E-state index contributed by atoms with van der Waals surface area (Å²) in [6, 6.07) is 0. The zero-order valence-corrected chi connectivity index (χ0v) is 11.3. The van der Waals surface area contributed by atoms with Gasteiger partial charge < -0.3 is 14.7 Å². The Morgan fingerprint density at radius 2 is 1.82 bits per heavy atom. The first-order chi connectivity index (χ1) is 8.07. The van der Waals surface area contributed by atoms with Gasteiger partial charge in [0.25, 0.3) is 0 Å². The van der Waals surface area contributed by atoms with E-state index in [1.54, 1.807) is 0 Å². The summed E-state index contributed by atoms with van der Waals surface area (Å²) in [6.45, 7) is 7.25. The van der Waals surface area contributed by atoms with Crippen LogP contribution in [-0.4, -0.2) is 47.4 Å². The Morgan fingerprint density at radius 1 is 1.24 bits per heavy atom. The molecule has 2 aliphatic rings. The maximum Gasteiger partial charge on any atom is 0.0774 e. The molecule has 0 bridgehead atoms. The van der Waals surface area contributed by atoms with E-state index in [-0.39, 0.29) is 5.60 Å². The summed E-state index contributed by atoms with van der Waals surface area (Å²) in [6.07, 6.45) is 7.40. The number of hydrogen-bond donors (Lipinski definition) is 1. The lowest BCUT2D eigenvalue weighted by molar-refractivity contribution is -0.0467. The van der Waals surface area contributed by atoms with Crippen molar-refractivity contribution in [2.75, 3.05) is 19.6 Å². The number of piperidine rings is 1. The van der Waals surface area contributed by atoms with E-state index in [2.05, 4.69) is 18.7 Å². The highest BCUT2D eigenvalue weighted by atomic mass is 16.5. The van der Waals surface area contributed by atoms with Crippen LogP contribution in [0.4, 0.5) is 0 Å². The van der Waals surface area contributed by atoms with Crippen LogP contribution in [0.5, 0.6) is 0 Å². The lowest BCUT2D eigenvalue weighted by Crippen LogP contribution is -2.46. The molecule has 0 radical (unpaired) electrons. The van der Waals surface area contributed by atoms with Gasteiger partial charge in [-0.2, -0.15) is 0 Å². The van der Waals surface area contributed by atoms with Gasteiger partial charge >= 0.3 is 0 Å². The molecule has 0 spiro atoms. The molecule has 1 saturated carbocycles. The van der Waals surface area contributed by atoms with Crippen molar-refractivity contribution in [2.45, 2.75) is 70.2 Å². The van der Waals surface area contributed by atoms with Gasteiger partial charge in [0.1, 0.15) is 0 Å². The van der Waals surface area contributed by atoms with Crippen LogP contribution in [0.15, 0.2) is 0 Å². The van der Waals surface area contributed by atoms with Gasteiger partial charge in [0.05, 0.1) is 17.8 Å². The van der Waals surface area contributed by atoms with Gasteiger partial charge in [-0.25, -0.2) is 0 Å². The van der Waals surface area contributed by atoms with Crippen molar-refractivity contribution in [3.63, 3.8) is 0 Å². The predicted octanol–water partition coefficient (Wildman–Crippen LogP) is 2.18. The molecular formula is C14H27NO2. The highest BCUT2D eigenvalue weighted by Crippen LogP contribution is 2.31. The van der Waals surface area contributed by atoms with Crippen LogP contribution in [0.3, 0.4) is 0 Å². The van der Waals surface area contributed by atoms with Crippen molar-refractivity contribution in [1.29, 1.82) is 0 Å². The van der Waals surface area contributed by atoms with Crippen LogP contribution in [-0.2, 0) is 4.74 Å². The first-order valence-electron chi connectivity index (χ1n) is 7.18. The Hall–Kier alpha value is -0.120. The minimum Gasteiger partial charge on any atom is -0.389 e. The van der Waals surface area contributed by atoms with E-state index in [0.717, 1.165) is 45.3 Å². The largest absolute Gasteiger partial charge is 0.389 e. The predicted molar refractivity (Wildman–Crippen MR) is 69.1 cm³/mol. The quantitative estimate of drug-likeness (QED) is 0.819. The number of β-amino-alcohol motifs (C(OH)–C–C–N with tert-alkyl or cyclic N) is 1. The molecule has 1 aliphatic heterocycles. The normalized spacial score (nSPS) is 26.8. The molecule has 0 aromatic rings. The molecule has 100 valence electrons. The molecule has 2 rings (SSSR count). The molecule has 3 nitrogen and oxygen atoms in total. The van der Waals surface area contributed by atoms with Crippen LogP contribution in [0, 0.1) is 0 Å². The fraction of sp³-hybridized carbons (Fsp3) is 1.00. The molecule has 2 fully saturated rings. The monoisotopic (exact) mass is 241 g/mol. The van der Waals surface area contributed by atoms with E-state index in [9.17, 15) is 5.11 Å². The molecule has 17 heavy (non-hydrogen) atoms. The first kappa shape index (κ1) is 13.3. The Labute approximate surface area is 105 Å². The Bertz CT molecular complexity index is 228. The molecule has 1 aliphatic carbocycles. The summed E-state index contributed by atoms with van der Waals surface area (Å²) in [5.74, 6) is 0. The molecule has 1 saturated heterocycles. The summed E-state index contributed by atoms with van der Waals surface area (Å²) in [4.78, 5) is 2.42. The van der Waals surface area contributed by atoms with E-state index in [0.29, 0.717) is 12.2 Å². The fourth-order valence-corrected chi connectivity index (χ4v) is 3.20. The number of hydrogen-bond acceptors (Lipinski definition) is 3. The number of ether oxygens (including phenoxy) is 1. The van der Waals surface area contributed by atoms with Crippen molar-refractivity contribution in [3.05, 3.63) is 0 Å². The third-order valence-corrected chi connectivity index (χ3v) is 4.05.